The fraction of sp³-hybridized carbons (Fsp3) is 0.111. The summed E-state index contributed by atoms with van der Waals surface area (Å²) in [5, 5.41) is 0. The normalized spacial score (nSPS) is 12.2. The molecule has 8 aromatic rings. The van der Waals surface area contributed by atoms with Gasteiger partial charge in [-0.3, -0.25) is 0 Å². The molecule has 0 bridgehead atoms. The smallest absolute Gasteiger partial charge is 0.143 e. The second-order valence-electron chi connectivity index (χ2n) is 14.5. The fourth-order valence-corrected chi connectivity index (χ4v) is 7.59. The Labute approximate surface area is 331 Å². The Bertz CT molecular complexity index is 2220. The van der Waals surface area contributed by atoms with Crippen LogP contribution in [0, 0.1) is 0 Å². The monoisotopic (exact) mass is 726 g/mol. The van der Waals surface area contributed by atoms with E-state index in [9.17, 15) is 0 Å². The molecule has 56 heavy (non-hydrogen) atoms. The highest BCUT2D eigenvalue weighted by molar-refractivity contribution is 5.45. The Hall–Kier alpha value is -6.32. The zero-order valence-corrected chi connectivity index (χ0v) is 31.6. The SMILES string of the molecule is c1ccc(Cc2ccc(C(OOC(c3ccccc3)c3ccc(Cc4ccccc4)cc3Cc3ccccc3)c3ccccc3)c(Cc3ccccc3)c2)cc1. The lowest BCUT2D eigenvalue weighted by atomic mass is 9.90. The van der Waals surface area contributed by atoms with Gasteiger partial charge >= 0.3 is 0 Å². The van der Waals surface area contributed by atoms with Crippen LogP contribution in [-0.2, 0) is 35.5 Å². The van der Waals surface area contributed by atoms with Crippen LogP contribution in [0.3, 0.4) is 0 Å². The van der Waals surface area contributed by atoms with Crippen LogP contribution in [0.4, 0.5) is 0 Å². The number of rotatable bonds is 15. The first kappa shape index (κ1) is 36.6. The van der Waals surface area contributed by atoms with Crippen LogP contribution in [0.5, 0.6) is 0 Å². The third-order valence-electron chi connectivity index (χ3n) is 10.4. The van der Waals surface area contributed by atoms with Gasteiger partial charge in [-0.05, 0) is 92.4 Å². The summed E-state index contributed by atoms with van der Waals surface area (Å²) in [5.41, 5.74) is 14.3. The zero-order valence-electron chi connectivity index (χ0n) is 31.6. The molecule has 0 amide bonds. The Balaban J connectivity index is 1.18. The number of benzene rings is 8. The van der Waals surface area contributed by atoms with Crippen molar-refractivity contribution in [1.29, 1.82) is 0 Å². The predicted octanol–water partition coefficient (Wildman–Crippen LogP) is 12.9. The van der Waals surface area contributed by atoms with E-state index in [1.807, 2.05) is 0 Å². The van der Waals surface area contributed by atoms with Gasteiger partial charge in [-0.25, -0.2) is 9.78 Å². The van der Waals surface area contributed by atoms with Crippen LogP contribution in [-0.4, -0.2) is 0 Å². The molecule has 0 radical (unpaired) electrons. The third-order valence-corrected chi connectivity index (χ3v) is 10.4. The van der Waals surface area contributed by atoms with Gasteiger partial charge in [0.1, 0.15) is 12.2 Å². The molecule has 0 saturated carbocycles. The largest absolute Gasteiger partial charge is 0.223 e. The average molecular weight is 727 g/mol. The fourth-order valence-electron chi connectivity index (χ4n) is 7.59. The van der Waals surface area contributed by atoms with E-state index in [4.69, 9.17) is 9.78 Å². The molecule has 0 aromatic heterocycles. The van der Waals surface area contributed by atoms with E-state index in [0.717, 1.165) is 47.9 Å². The van der Waals surface area contributed by atoms with Gasteiger partial charge in [-0.1, -0.05) is 218 Å². The number of hydrogen-bond acceptors (Lipinski definition) is 2. The molecule has 2 heteroatoms. The molecule has 2 nitrogen and oxygen atoms in total. The molecule has 8 rings (SSSR count). The summed E-state index contributed by atoms with van der Waals surface area (Å²) < 4.78 is 0. The van der Waals surface area contributed by atoms with Crippen LogP contribution in [0.25, 0.3) is 0 Å². The minimum absolute atomic E-state index is 0.471. The highest BCUT2D eigenvalue weighted by Crippen LogP contribution is 2.37. The van der Waals surface area contributed by atoms with Gasteiger partial charge < -0.3 is 0 Å². The van der Waals surface area contributed by atoms with E-state index in [2.05, 4.69) is 218 Å². The summed E-state index contributed by atoms with van der Waals surface area (Å²) in [7, 11) is 0. The molecule has 0 aliphatic rings. The summed E-state index contributed by atoms with van der Waals surface area (Å²) in [6.07, 6.45) is 2.33. The molecule has 0 N–H and O–H groups in total. The maximum absolute atomic E-state index is 6.85. The van der Waals surface area contributed by atoms with Gasteiger partial charge in [-0.2, -0.15) is 0 Å². The lowest BCUT2D eigenvalue weighted by Gasteiger charge is -2.26. The van der Waals surface area contributed by atoms with Crippen LogP contribution >= 0.6 is 0 Å². The molecule has 8 aromatic carbocycles. The molecular formula is C54H46O2. The van der Waals surface area contributed by atoms with Gasteiger partial charge in [0.2, 0.25) is 0 Å². The molecule has 0 spiro atoms. The third kappa shape index (κ3) is 9.48. The van der Waals surface area contributed by atoms with Crippen molar-refractivity contribution in [2.24, 2.45) is 0 Å². The standard InChI is InChI=1S/C54H46O2/c1-7-19-41(20-8-1)35-45-31-33-51(49(39-45)37-43-23-11-3-12-24-43)53(47-27-15-5-16-28-47)55-56-54(48-29-17-6-18-30-48)52-34-32-46(36-42-21-9-2-10-22-42)40-50(52)38-44-25-13-4-14-26-44/h1-34,39-40,53-54H,35-38H2. The van der Waals surface area contributed by atoms with Crippen molar-refractivity contribution in [2.45, 2.75) is 37.9 Å². The molecule has 0 aliphatic carbocycles. The second kappa shape index (κ2) is 18.3. The molecule has 2 atom stereocenters. The Kier molecular flexibility index (Phi) is 12.0. The molecule has 0 saturated heterocycles. The zero-order chi connectivity index (χ0) is 37.8. The topological polar surface area (TPSA) is 18.5 Å². The van der Waals surface area contributed by atoms with Crippen molar-refractivity contribution >= 4 is 0 Å². The molecule has 2 unspecified atom stereocenters. The van der Waals surface area contributed by atoms with Crippen molar-refractivity contribution in [3.8, 4) is 0 Å². The molecule has 0 heterocycles. The quantitative estimate of drug-likeness (QED) is 0.0773. The summed E-state index contributed by atoms with van der Waals surface area (Å²) >= 11 is 0. The maximum Gasteiger partial charge on any atom is 0.143 e. The van der Waals surface area contributed by atoms with Crippen molar-refractivity contribution < 1.29 is 9.78 Å². The van der Waals surface area contributed by atoms with Crippen molar-refractivity contribution in [2.75, 3.05) is 0 Å². The molecule has 0 fully saturated rings. The Morgan fingerprint density at radius 3 is 0.875 bits per heavy atom. The highest BCUT2D eigenvalue weighted by atomic mass is 17.2. The van der Waals surface area contributed by atoms with Crippen molar-refractivity contribution in [3.05, 3.63) is 285 Å². The van der Waals surface area contributed by atoms with Crippen LogP contribution < -0.4 is 0 Å². The van der Waals surface area contributed by atoms with E-state index in [-0.39, 0.29) is 0 Å². The van der Waals surface area contributed by atoms with Crippen LogP contribution in [0.1, 0.15) is 79.0 Å². The Morgan fingerprint density at radius 1 is 0.268 bits per heavy atom. The summed E-state index contributed by atoms with van der Waals surface area (Å²) in [6.45, 7) is 0. The summed E-state index contributed by atoms with van der Waals surface area (Å²) in [6, 6.07) is 77.3. The van der Waals surface area contributed by atoms with Gasteiger partial charge in [0.05, 0.1) is 0 Å². The maximum atomic E-state index is 6.85. The van der Waals surface area contributed by atoms with Gasteiger partial charge in [0, 0.05) is 0 Å². The number of hydrogen-bond donors (Lipinski definition) is 0. The second-order valence-corrected chi connectivity index (χ2v) is 14.5. The van der Waals surface area contributed by atoms with Gasteiger partial charge in [0.15, 0.2) is 0 Å². The minimum Gasteiger partial charge on any atom is -0.223 e. The first-order chi connectivity index (χ1) is 27.7. The minimum atomic E-state index is -0.471. The average Bonchev–Trinajstić information content (AvgIpc) is 3.25. The lowest BCUT2D eigenvalue weighted by Crippen LogP contribution is -2.15. The van der Waals surface area contributed by atoms with Crippen molar-refractivity contribution in [3.63, 3.8) is 0 Å². The van der Waals surface area contributed by atoms with Gasteiger partial charge in [-0.15, -0.1) is 0 Å². The van der Waals surface area contributed by atoms with E-state index in [1.165, 1.54) is 44.5 Å². The van der Waals surface area contributed by atoms with E-state index in [0.29, 0.717) is 0 Å². The highest BCUT2D eigenvalue weighted by Gasteiger charge is 2.26. The van der Waals surface area contributed by atoms with Crippen LogP contribution in [0.2, 0.25) is 0 Å². The molecule has 274 valence electrons. The first-order valence-electron chi connectivity index (χ1n) is 19.6. The van der Waals surface area contributed by atoms with E-state index < -0.39 is 12.2 Å². The lowest BCUT2D eigenvalue weighted by molar-refractivity contribution is -0.341. The first-order valence-corrected chi connectivity index (χ1v) is 19.6. The van der Waals surface area contributed by atoms with Crippen molar-refractivity contribution in [1.82, 2.24) is 0 Å². The predicted molar refractivity (Wildman–Crippen MR) is 229 cm³/mol. The Morgan fingerprint density at radius 2 is 0.554 bits per heavy atom. The van der Waals surface area contributed by atoms with E-state index in [1.54, 1.807) is 0 Å². The van der Waals surface area contributed by atoms with E-state index >= 15 is 0 Å². The molecular weight excluding hydrogens is 681 g/mol. The molecule has 0 aliphatic heterocycles. The summed E-state index contributed by atoms with van der Waals surface area (Å²) in [5.74, 6) is 0. The summed E-state index contributed by atoms with van der Waals surface area (Å²) in [4.78, 5) is 13.7. The van der Waals surface area contributed by atoms with Gasteiger partial charge in [0.25, 0.3) is 0 Å². The van der Waals surface area contributed by atoms with Crippen LogP contribution in [0.15, 0.2) is 218 Å².